The van der Waals surface area contributed by atoms with Gasteiger partial charge in [0.15, 0.2) is 40.1 Å². The quantitative estimate of drug-likeness (QED) is 0.120. The van der Waals surface area contributed by atoms with Crippen LogP contribution in [0.2, 0.25) is 0 Å². The maximum atomic E-state index is 10.3. The summed E-state index contributed by atoms with van der Waals surface area (Å²) in [5, 5.41) is 43.9. The number of nitrogens with one attached hydrogen (secondary N) is 3. The summed E-state index contributed by atoms with van der Waals surface area (Å²) in [5.41, 5.74) is 0.936. The Bertz CT molecular complexity index is 1540. The minimum absolute atomic E-state index is 0.344. The Morgan fingerprint density at radius 3 is 1.04 bits per heavy atom. The molecule has 3 heterocycles. The van der Waals surface area contributed by atoms with E-state index in [0.717, 1.165) is 54.1 Å². The number of hydrogen-bond acceptors (Lipinski definition) is 13. The molecule has 0 aliphatic carbocycles. The predicted molar refractivity (Wildman–Crippen MR) is 201 cm³/mol. The van der Waals surface area contributed by atoms with E-state index >= 15 is 0 Å². The maximum absolute atomic E-state index is 10.3. The molecule has 0 saturated carbocycles. The Balaban J connectivity index is 0.000000197. The van der Waals surface area contributed by atoms with E-state index in [2.05, 4.69) is 75.7 Å². The van der Waals surface area contributed by atoms with Crippen molar-refractivity contribution in [2.45, 2.75) is 97.7 Å². The summed E-state index contributed by atoms with van der Waals surface area (Å²) in [6, 6.07) is 19.6. The first-order chi connectivity index (χ1) is 26.0. The molecule has 0 bridgehead atoms. The Labute approximate surface area is 320 Å². The van der Waals surface area contributed by atoms with Crippen molar-refractivity contribution in [3.63, 3.8) is 0 Å². The molecule has 6 rings (SSSR count). The third-order valence-corrected chi connectivity index (χ3v) is 7.74. The number of hydrogen-bond donors (Lipinski definition) is 7. The number of benzene rings is 3. The van der Waals surface area contributed by atoms with Crippen molar-refractivity contribution in [1.29, 1.82) is 0 Å². The van der Waals surface area contributed by atoms with E-state index in [0.29, 0.717) is 38.5 Å². The zero-order valence-electron chi connectivity index (χ0n) is 32.0. The number of rotatable bonds is 14. The van der Waals surface area contributed by atoms with Gasteiger partial charge < -0.3 is 64.8 Å². The normalized spacial score (nSPS) is 13.0. The molecule has 0 unspecified atom stereocenters. The standard InChI is InChI=1S/3C11H15NO2.C6H8O7/c3*1-8(2)12-6-9-3-4-10-11(5-9)14-7-13-10;7-3(8)1-6(13,5(11)12)2-4(9)10/h3*3-5,8,12H,6-7H2,1-2H3;13H,1-2H2,(H,7,8)(H,9,10)(H,11,12). The Kier molecular flexibility index (Phi) is 17.3. The maximum Gasteiger partial charge on any atom is 0.336 e. The molecule has 0 radical (unpaired) electrons. The number of carbonyl (C=O) groups is 3. The van der Waals surface area contributed by atoms with Crippen LogP contribution in [0.25, 0.3) is 0 Å². The van der Waals surface area contributed by atoms with Crippen LogP contribution in [-0.2, 0) is 34.0 Å². The Hall–Kier alpha value is -5.29. The molecule has 16 heteroatoms. The molecule has 3 aliphatic heterocycles. The molecule has 55 heavy (non-hydrogen) atoms. The average Bonchev–Trinajstić information content (AvgIpc) is 3.89. The van der Waals surface area contributed by atoms with Crippen LogP contribution in [0, 0.1) is 0 Å². The second-order valence-electron chi connectivity index (χ2n) is 13.6. The topological polar surface area (TPSA) is 224 Å². The van der Waals surface area contributed by atoms with Crippen molar-refractivity contribution in [2.24, 2.45) is 0 Å². The summed E-state index contributed by atoms with van der Waals surface area (Å²) >= 11 is 0. The fourth-order valence-electron chi connectivity index (χ4n) is 4.83. The molecule has 0 atom stereocenters. The van der Waals surface area contributed by atoms with Gasteiger partial charge >= 0.3 is 17.9 Å². The first-order valence-corrected chi connectivity index (χ1v) is 17.8. The highest BCUT2D eigenvalue weighted by Gasteiger charge is 2.40. The van der Waals surface area contributed by atoms with Gasteiger partial charge in [-0.3, -0.25) is 9.59 Å². The minimum Gasteiger partial charge on any atom is -0.481 e. The van der Waals surface area contributed by atoms with Gasteiger partial charge in [-0.15, -0.1) is 0 Å². The van der Waals surface area contributed by atoms with Gasteiger partial charge in [-0.2, -0.15) is 0 Å². The van der Waals surface area contributed by atoms with Gasteiger partial charge in [-0.05, 0) is 53.1 Å². The molecule has 0 aromatic heterocycles. The molecule has 0 amide bonds. The number of carboxylic acids is 3. The minimum atomic E-state index is -2.74. The van der Waals surface area contributed by atoms with E-state index in [1.807, 2.05) is 36.4 Å². The van der Waals surface area contributed by atoms with Gasteiger partial charge in [0.1, 0.15) is 0 Å². The molecule has 3 aromatic carbocycles. The Morgan fingerprint density at radius 2 is 0.800 bits per heavy atom. The van der Waals surface area contributed by atoms with E-state index in [4.69, 9.17) is 48.8 Å². The summed E-state index contributed by atoms with van der Waals surface area (Å²) in [7, 11) is 0. The van der Waals surface area contributed by atoms with Crippen molar-refractivity contribution in [3.8, 4) is 34.5 Å². The highest BCUT2D eigenvalue weighted by atomic mass is 16.7. The third-order valence-electron chi connectivity index (χ3n) is 7.74. The third kappa shape index (κ3) is 15.5. The highest BCUT2D eigenvalue weighted by Crippen LogP contribution is 2.34. The molecule has 0 saturated heterocycles. The second-order valence-corrected chi connectivity index (χ2v) is 13.6. The number of fused-ring (bicyclic) bond motifs is 3. The first-order valence-electron chi connectivity index (χ1n) is 17.8. The van der Waals surface area contributed by atoms with E-state index < -0.39 is 36.4 Å². The van der Waals surface area contributed by atoms with Gasteiger partial charge in [0, 0.05) is 37.8 Å². The predicted octanol–water partition coefficient (Wildman–Crippen LogP) is 4.49. The van der Waals surface area contributed by atoms with Crippen LogP contribution >= 0.6 is 0 Å². The average molecular weight is 772 g/mol. The van der Waals surface area contributed by atoms with Crippen LogP contribution in [0.5, 0.6) is 34.5 Å². The molecule has 3 aliphatic rings. The summed E-state index contributed by atoms with van der Waals surface area (Å²) in [6.45, 7) is 16.4. The molecule has 3 aromatic rings. The van der Waals surface area contributed by atoms with Crippen LogP contribution in [-0.4, -0.2) is 82.4 Å². The highest BCUT2D eigenvalue weighted by molar-refractivity contribution is 5.88. The van der Waals surface area contributed by atoms with Crippen LogP contribution in [0.1, 0.15) is 71.1 Å². The van der Waals surface area contributed by atoms with Crippen molar-refractivity contribution in [1.82, 2.24) is 16.0 Å². The van der Waals surface area contributed by atoms with Crippen molar-refractivity contribution in [2.75, 3.05) is 20.4 Å². The fraction of sp³-hybridized carbons (Fsp3) is 0.462. The largest absolute Gasteiger partial charge is 0.481 e. The molecule has 0 spiro atoms. The van der Waals surface area contributed by atoms with Gasteiger partial charge in [-0.1, -0.05) is 59.7 Å². The lowest BCUT2D eigenvalue weighted by Crippen LogP contribution is -2.42. The zero-order valence-corrected chi connectivity index (χ0v) is 32.0. The van der Waals surface area contributed by atoms with Gasteiger partial charge in [0.2, 0.25) is 20.4 Å². The summed E-state index contributed by atoms with van der Waals surface area (Å²) in [4.78, 5) is 30.5. The van der Waals surface area contributed by atoms with E-state index in [9.17, 15) is 14.4 Å². The lowest BCUT2D eigenvalue weighted by molar-refractivity contribution is -0.170. The first kappa shape index (κ1) is 44.1. The molecule has 302 valence electrons. The molecule has 7 N–H and O–H groups in total. The van der Waals surface area contributed by atoms with Gasteiger partial charge in [0.05, 0.1) is 12.8 Å². The SMILES string of the molecule is CC(C)NCc1ccc2c(c1)OCO2.CC(C)NCc1ccc2c(c1)OCO2.CC(C)NCc1ccc2c(c1)OCO2.O=C(O)CC(O)(CC(=O)O)C(=O)O. The lowest BCUT2D eigenvalue weighted by atomic mass is 9.96. The van der Waals surface area contributed by atoms with Crippen LogP contribution in [0.4, 0.5) is 0 Å². The number of aliphatic carboxylic acids is 3. The summed E-state index contributed by atoms with van der Waals surface area (Å²) in [5.74, 6) is 0.0821. The van der Waals surface area contributed by atoms with Crippen molar-refractivity contribution in [3.05, 3.63) is 71.3 Å². The van der Waals surface area contributed by atoms with E-state index in [1.54, 1.807) is 0 Å². The molecule has 16 nitrogen and oxygen atoms in total. The number of carboxylic acid groups (broad SMARTS) is 3. The van der Waals surface area contributed by atoms with Crippen molar-refractivity contribution >= 4 is 17.9 Å². The van der Waals surface area contributed by atoms with Crippen LogP contribution in [0.3, 0.4) is 0 Å². The molecule has 0 fully saturated rings. The smallest absolute Gasteiger partial charge is 0.336 e. The molecular formula is C39H53N3O13. The van der Waals surface area contributed by atoms with Gasteiger partial charge in [-0.25, -0.2) is 4.79 Å². The number of aliphatic hydroxyl groups is 1. The van der Waals surface area contributed by atoms with Gasteiger partial charge in [0.25, 0.3) is 0 Å². The number of ether oxygens (including phenoxy) is 6. The monoisotopic (exact) mass is 771 g/mol. The zero-order chi connectivity index (χ0) is 40.5. The van der Waals surface area contributed by atoms with Crippen LogP contribution in [0.15, 0.2) is 54.6 Å². The Morgan fingerprint density at radius 1 is 0.527 bits per heavy atom. The second kappa shape index (κ2) is 21.6. The van der Waals surface area contributed by atoms with Crippen molar-refractivity contribution < 1.29 is 63.2 Å². The summed E-state index contributed by atoms with van der Waals surface area (Å²) < 4.78 is 31.6. The summed E-state index contributed by atoms with van der Waals surface area (Å²) in [6.07, 6.45) is -2.29. The van der Waals surface area contributed by atoms with Crippen LogP contribution < -0.4 is 44.4 Å². The molecular weight excluding hydrogens is 718 g/mol. The van der Waals surface area contributed by atoms with E-state index in [1.165, 1.54) is 16.7 Å². The fourth-order valence-corrected chi connectivity index (χ4v) is 4.83. The van der Waals surface area contributed by atoms with E-state index in [-0.39, 0.29) is 0 Å². The lowest BCUT2D eigenvalue weighted by Gasteiger charge is -2.18.